The molecule has 2 aliphatic rings. The minimum Gasteiger partial charge on any atom is -0.340 e. The molecule has 0 bridgehead atoms. The quantitative estimate of drug-likeness (QED) is 0.793. The van der Waals surface area contributed by atoms with E-state index in [0.29, 0.717) is 13.0 Å². The molecule has 1 N–H and O–H groups in total. The third kappa shape index (κ3) is 4.92. The van der Waals surface area contributed by atoms with Crippen LogP contribution in [-0.4, -0.2) is 68.2 Å². The van der Waals surface area contributed by atoms with Gasteiger partial charge in [0.05, 0.1) is 17.5 Å². The zero-order valence-electron chi connectivity index (χ0n) is 14.4. The molecule has 1 unspecified atom stereocenters. The van der Waals surface area contributed by atoms with Crippen molar-refractivity contribution in [1.82, 2.24) is 14.5 Å². The number of nitrogens with one attached hydrogen (secondary N) is 1. The van der Waals surface area contributed by atoms with Crippen molar-refractivity contribution in [3.63, 3.8) is 0 Å². The number of amides is 1. The van der Waals surface area contributed by atoms with Crippen molar-refractivity contribution in [3.8, 4) is 0 Å². The molecule has 1 aromatic rings. The van der Waals surface area contributed by atoms with E-state index in [4.69, 9.17) is 0 Å². The van der Waals surface area contributed by atoms with Gasteiger partial charge in [-0.05, 0) is 30.7 Å². The summed E-state index contributed by atoms with van der Waals surface area (Å²) >= 11 is 0. The predicted molar refractivity (Wildman–Crippen MR) is 95.0 cm³/mol. The van der Waals surface area contributed by atoms with Crippen molar-refractivity contribution in [1.29, 1.82) is 0 Å². The van der Waals surface area contributed by atoms with Crippen molar-refractivity contribution < 1.29 is 26.4 Å². The summed E-state index contributed by atoms with van der Waals surface area (Å²) in [6.07, 6.45) is -0.144. The molecule has 2 heterocycles. The van der Waals surface area contributed by atoms with E-state index < -0.39 is 46.7 Å². The van der Waals surface area contributed by atoms with E-state index in [-0.39, 0.29) is 36.9 Å². The summed E-state index contributed by atoms with van der Waals surface area (Å²) in [5.41, 5.74) is 0. The number of alkyl halides is 2. The van der Waals surface area contributed by atoms with Crippen LogP contribution in [0.2, 0.25) is 0 Å². The molecule has 0 radical (unpaired) electrons. The van der Waals surface area contributed by atoms with Crippen molar-refractivity contribution in [2.24, 2.45) is 0 Å². The van der Waals surface area contributed by atoms with Gasteiger partial charge in [-0.1, -0.05) is 0 Å². The third-order valence-electron chi connectivity index (χ3n) is 4.63. The van der Waals surface area contributed by atoms with Gasteiger partial charge in [0.2, 0.25) is 15.9 Å². The maximum atomic E-state index is 13.3. The first-order chi connectivity index (χ1) is 12.2. The Morgan fingerprint density at radius 3 is 2.37 bits per heavy atom. The molecule has 1 aromatic carbocycles. The van der Waals surface area contributed by atoms with Crippen molar-refractivity contribution in [2.75, 3.05) is 32.7 Å². The van der Waals surface area contributed by atoms with Crippen molar-refractivity contribution in [2.45, 2.75) is 29.7 Å². The van der Waals surface area contributed by atoms with Crippen molar-refractivity contribution >= 4 is 28.3 Å². The zero-order chi connectivity index (χ0) is 18.9. The minimum absolute atomic E-state index is 0. The van der Waals surface area contributed by atoms with E-state index >= 15 is 0 Å². The molecule has 0 spiro atoms. The molecule has 2 saturated heterocycles. The number of hydrogen-bond donors (Lipinski definition) is 1. The SMILES string of the molecule is Cl.O=C(C1CC(F)(F)CN1)N1CCCN(S(=O)(=O)c2ccc(F)cc2)CC1. The summed E-state index contributed by atoms with van der Waals surface area (Å²) in [4.78, 5) is 13.8. The van der Waals surface area contributed by atoms with Gasteiger partial charge in [0.15, 0.2) is 0 Å². The Morgan fingerprint density at radius 1 is 1.11 bits per heavy atom. The topological polar surface area (TPSA) is 69.7 Å². The average molecular weight is 428 g/mol. The van der Waals surface area contributed by atoms with Crippen LogP contribution >= 0.6 is 12.4 Å². The van der Waals surface area contributed by atoms with Crippen LogP contribution in [0.4, 0.5) is 13.2 Å². The Labute approximate surface area is 162 Å². The van der Waals surface area contributed by atoms with E-state index in [0.717, 1.165) is 12.1 Å². The molecule has 1 amide bonds. The number of nitrogens with zero attached hydrogens (tertiary/aromatic N) is 2. The zero-order valence-corrected chi connectivity index (χ0v) is 16.0. The second-order valence-electron chi connectivity index (χ2n) is 6.53. The number of halogens is 4. The first kappa shape index (κ1) is 21.9. The summed E-state index contributed by atoms with van der Waals surface area (Å²) in [7, 11) is -3.80. The number of benzene rings is 1. The van der Waals surface area contributed by atoms with Gasteiger partial charge in [-0.15, -0.1) is 12.4 Å². The Bertz CT molecular complexity index is 777. The van der Waals surface area contributed by atoms with Crippen LogP contribution in [0.1, 0.15) is 12.8 Å². The lowest BCUT2D eigenvalue weighted by atomic mass is 10.1. The van der Waals surface area contributed by atoms with Crippen LogP contribution in [0.5, 0.6) is 0 Å². The fourth-order valence-electron chi connectivity index (χ4n) is 3.22. The number of carbonyl (C=O) groups excluding carboxylic acids is 1. The van der Waals surface area contributed by atoms with E-state index in [2.05, 4.69) is 5.32 Å². The van der Waals surface area contributed by atoms with E-state index in [9.17, 15) is 26.4 Å². The number of hydrogen-bond acceptors (Lipinski definition) is 4. The fourth-order valence-corrected chi connectivity index (χ4v) is 4.69. The molecule has 3 rings (SSSR count). The molecule has 0 saturated carbocycles. The van der Waals surface area contributed by atoms with Gasteiger partial charge in [-0.25, -0.2) is 21.6 Å². The standard InChI is InChI=1S/C16H20F3N3O3S.ClH/c17-12-2-4-13(5-3-12)26(24,25)22-7-1-6-21(8-9-22)15(23)14-10-16(18,19)11-20-14;/h2-5,14,20H,1,6-11H2;1H. The molecule has 2 aliphatic heterocycles. The Balaban J connectivity index is 0.00000261. The average Bonchev–Trinajstić information content (AvgIpc) is 2.80. The maximum absolute atomic E-state index is 13.3. The molecular formula is C16H21ClF3N3O3S. The summed E-state index contributed by atoms with van der Waals surface area (Å²) in [5, 5.41) is 2.53. The highest BCUT2D eigenvalue weighted by Crippen LogP contribution is 2.26. The lowest BCUT2D eigenvalue weighted by molar-refractivity contribution is -0.133. The normalized spacial score (nSPS) is 23.5. The van der Waals surface area contributed by atoms with Crippen molar-refractivity contribution in [3.05, 3.63) is 30.1 Å². The minimum atomic E-state index is -3.80. The van der Waals surface area contributed by atoms with Crippen LogP contribution in [0.25, 0.3) is 0 Å². The summed E-state index contributed by atoms with van der Waals surface area (Å²) < 4.78 is 66.1. The van der Waals surface area contributed by atoms with Crippen LogP contribution in [0.15, 0.2) is 29.2 Å². The smallest absolute Gasteiger partial charge is 0.262 e. The van der Waals surface area contributed by atoms with E-state index in [1.54, 1.807) is 0 Å². The molecule has 27 heavy (non-hydrogen) atoms. The van der Waals surface area contributed by atoms with Gasteiger partial charge in [0.1, 0.15) is 5.82 Å². The molecule has 6 nitrogen and oxygen atoms in total. The number of rotatable bonds is 3. The molecule has 0 aliphatic carbocycles. The highest BCUT2D eigenvalue weighted by molar-refractivity contribution is 7.89. The highest BCUT2D eigenvalue weighted by Gasteiger charge is 2.43. The van der Waals surface area contributed by atoms with Gasteiger partial charge >= 0.3 is 0 Å². The van der Waals surface area contributed by atoms with E-state index in [1.165, 1.54) is 21.3 Å². The largest absolute Gasteiger partial charge is 0.340 e. The second-order valence-corrected chi connectivity index (χ2v) is 8.47. The van der Waals surface area contributed by atoms with Crippen LogP contribution in [0, 0.1) is 5.82 Å². The Morgan fingerprint density at radius 2 is 1.78 bits per heavy atom. The first-order valence-electron chi connectivity index (χ1n) is 8.35. The second kappa shape index (κ2) is 8.34. The molecule has 0 aromatic heterocycles. The lowest BCUT2D eigenvalue weighted by Gasteiger charge is -2.24. The third-order valence-corrected chi connectivity index (χ3v) is 6.54. The number of carbonyl (C=O) groups is 1. The number of sulfonamides is 1. The van der Waals surface area contributed by atoms with Gasteiger partial charge in [-0.2, -0.15) is 4.31 Å². The Hall–Kier alpha value is -1.36. The van der Waals surface area contributed by atoms with E-state index in [1.807, 2.05) is 0 Å². The van der Waals surface area contributed by atoms with Gasteiger partial charge < -0.3 is 4.90 Å². The fraction of sp³-hybridized carbons (Fsp3) is 0.562. The maximum Gasteiger partial charge on any atom is 0.262 e. The summed E-state index contributed by atoms with van der Waals surface area (Å²) in [5.74, 6) is -3.86. The van der Waals surface area contributed by atoms with Gasteiger partial charge in [0, 0.05) is 32.6 Å². The van der Waals surface area contributed by atoms with Crippen LogP contribution in [-0.2, 0) is 14.8 Å². The lowest BCUT2D eigenvalue weighted by Crippen LogP contribution is -2.45. The predicted octanol–water partition coefficient (Wildman–Crippen LogP) is 1.47. The molecule has 152 valence electrons. The van der Waals surface area contributed by atoms with Gasteiger partial charge in [0.25, 0.3) is 5.92 Å². The monoisotopic (exact) mass is 427 g/mol. The summed E-state index contributed by atoms with van der Waals surface area (Å²) in [6.45, 7) is 0.176. The van der Waals surface area contributed by atoms with Crippen LogP contribution < -0.4 is 5.32 Å². The van der Waals surface area contributed by atoms with Crippen LogP contribution in [0.3, 0.4) is 0 Å². The first-order valence-corrected chi connectivity index (χ1v) is 9.79. The molecule has 2 fully saturated rings. The highest BCUT2D eigenvalue weighted by atomic mass is 35.5. The summed E-state index contributed by atoms with van der Waals surface area (Å²) in [6, 6.07) is 3.61. The Kier molecular flexibility index (Phi) is 6.77. The molecule has 11 heteroatoms. The molecule has 1 atom stereocenters. The van der Waals surface area contributed by atoms with Gasteiger partial charge in [-0.3, -0.25) is 10.1 Å². The molecular weight excluding hydrogens is 407 g/mol.